The number of hydrogen-bond donors (Lipinski definition) is 1. The average molecular weight is 351 g/mol. The number of aryl methyl sites for hydroxylation is 1. The smallest absolute Gasteiger partial charge is 0.267 e. The zero-order valence-corrected chi connectivity index (χ0v) is 14.7. The summed E-state index contributed by atoms with van der Waals surface area (Å²) in [5, 5.41) is 3.18. The van der Waals surface area contributed by atoms with Crippen molar-refractivity contribution < 1.29 is 4.74 Å². The first-order valence-electron chi connectivity index (χ1n) is 8.71. The summed E-state index contributed by atoms with van der Waals surface area (Å²) < 4.78 is 6.97. The quantitative estimate of drug-likeness (QED) is 0.776. The van der Waals surface area contributed by atoms with Crippen molar-refractivity contribution in [3.05, 3.63) is 64.2 Å². The van der Waals surface area contributed by atoms with Gasteiger partial charge in [0.1, 0.15) is 0 Å². The Hall–Kier alpha value is -2.93. The Morgan fingerprint density at radius 1 is 1.19 bits per heavy atom. The number of aromatic nitrogens is 4. The fourth-order valence-electron chi connectivity index (χ4n) is 3.09. The van der Waals surface area contributed by atoms with Crippen LogP contribution in [0.5, 0.6) is 0 Å². The highest BCUT2D eigenvalue weighted by Crippen LogP contribution is 2.21. The molecule has 0 aliphatic carbocycles. The highest BCUT2D eigenvalue weighted by atomic mass is 16.5. The molecule has 1 fully saturated rings. The molecule has 0 amide bonds. The lowest BCUT2D eigenvalue weighted by molar-refractivity contribution is 0.122. The molecule has 0 unspecified atom stereocenters. The van der Waals surface area contributed by atoms with E-state index in [9.17, 15) is 4.79 Å². The van der Waals surface area contributed by atoms with E-state index in [1.165, 1.54) is 0 Å². The van der Waals surface area contributed by atoms with Crippen LogP contribution in [0.3, 0.4) is 0 Å². The largest absolute Gasteiger partial charge is 0.378 e. The van der Waals surface area contributed by atoms with Gasteiger partial charge in [0.25, 0.3) is 5.56 Å². The van der Waals surface area contributed by atoms with Crippen LogP contribution in [0.25, 0.3) is 11.3 Å². The molecule has 0 radical (unpaired) electrons. The van der Waals surface area contributed by atoms with E-state index in [0.29, 0.717) is 25.7 Å². The van der Waals surface area contributed by atoms with Crippen LogP contribution < -0.4 is 10.5 Å². The molecule has 7 heteroatoms. The van der Waals surface area contributed by atoms with E-state index in [1.54, 1.807) is 16.9 Å². The van der Waals surface area contributed by atoms with Crippen molar-refractivity contribution >= 4 is 5.95 Å². The number of nitrogens with zero attached hydrogens (tertiary/aromatic N) is 4. The topological polar surface area (TPSA) is 76.0 Å². The number of ether oxygens (including phenoxy) is 1. The molecule has 7 nitrogen and oxygen atoms in total. The highest BCUT2D eigenvalue weighted by Gasteiger charge is 2.16. The monoisotopic (exact) mass is 351 g/mol. The summed E-state index contributed by atoms with van der Waals surface area (Å²) in [5.41, 5.74) is 3.41. The number of H-pyrrole nitrogens is 1. The van der Waals surface area contributed by atoms with Crippen LogP contribution in [0.15, 0.2) is 47.4 Å². The third-order valence-corrected chi connectivity index (χ3v) is 4.52. The first-order chi connectivity index (χ1) is 12.7. The number of anilines is 1. The molecule has 0 spiro atoms. The van der Waals surface area contributed by atoms with Crippen LogP contribution >= 0.6 is 0 Å². The molecule has 0 atom stereocenters. The summed E-state index contributed by atoms with van der Waals surface area (Å²) in [6.07, 6.45) is 1.78. The van der Waals surface area contributed by atoms with Gasteiger partial charge in [-0.2, -0.15) is 0 Å². The zero-order valence-electron chi connectivity index (χ0n) is 14.7. The molecule has 1 aliphatic heterocycles. The van der Waals surface area contributed by atoms with Crippen molar-refractivity contribution in [2.24, 2.45) is 0 Å². The normalized spacial score (nSPS) is 14.6. The first-order valence-corrected chi connectivity index (χ1v) is 8.71. The van der Waals surface area contributed by atoms with Gasteiger partial charge in [-0.15, -0.1) is 0 Å². The van der Waals surface area contributed by atoms with Gasteiger partial charge in [-0.1, -0.05) is 30.3 Å². The Kier molecular flexibility index (Phi) is 4.53. The van der Waals surface area contributed by atoms with Crippen molar-refractivity contribution in [1.82, 2.24) is 19.7 Å². The predicted molar refractivity (Wildman–Crippen MR) is 99.4 cm³/mol. The van der Waals surface area contributed by atoms with Crippen LogP contribution in [0.1, 0.15) is 11.3 Å². The van der Waals surface area contributed by atoms with Crippen LogP contribution in [0, 0.1) is 6.92 Å². The Labute approximate surface area is 151 Å². The van der Waals surface area contributed by atoms with Crippen LogP contribution in [0.4, 0.5) is 5.95 Å². The maximum Gasteiger partial charge on any atom is 0.267 e. The number of nitrogens with one attached hydrogen (secondary N) is 1. The Bertz CT molecular complexity index is 942. The van der Waals surface area contributed by atoms with Gasteiger partial charge in [-0.25, -0.2) is 14.6 Å². The Balaban J connectivity index is 1.59. The molecule has 4 rings (SSSR count). The lowest BCUT2D eigenvalue weighted by atomic mass is 10.2. The maximum atomic E-state index is 12.3. The summed E-state index contributed by atoms with van der Waals surface area (Å²) in [4.78, 5) is 23.5. The average Bonchev–Trinajstić information content (AvgIpc) is 3.03. The lowest BCUT2D eigenvalue weighted by Crippen LogP contribution is -2.37. The number of aromatic amines is 1. The third-order valence-electron chi connectivity index (χ3n) is 4.52. The molecule has 1 aromatic carbocycles. The molecule has 0 bridgehead atoms. The third kappa shape index (κ3) is 3.39. The predicted octanol–water partition coefficient (Wildman–Crippen LogP) is 1.83. The number of rotatable bonds is 4. The molecular formula is C19H21N5O2. The molecule has 26 heavy (non-hydrogen) atoms. The minimum Gasteiger partial charge on any atom is -0.378 e. The minimum atomic E-state index is -0.0690. The molecule has 1 aliphatic rings. The lowest BCUT2D eigenvalue weighted by Gasteiger charge is -2.27. The fourth-order valence-corrected chi connectivity index (χ4v) is 3.09. The summed E-state index contributed by atoms with van der Waals surface area (Å²) in [6, 6.07) is 11.5. The summed E-state index contributed by atoms with van der Waals surface area (Å²) in [6.45, 7) is 5.42. The van der Waals surface area contributed by atoms with Gasteiger partial charge in [0.15, 0.2) is 0 Å². The van der Waals surface area contributed by atoms with Crippen molar-refractivity contribution in [3.63, 3.8) is 0 Å². The second-order valence-corrected chi connectivity index (χ2v) is 6.35. The van der Waals surface area contributed by atoms with Crippen molar-refractivity contribution in [1.29, 1.82) is 0 Å². The summed E-state index contributed by atoms with van der Waals surface area (Å²) >= 11 is 0. The van der Waals surface area contributed by atoms with Gasteiger partial charge in [0, 0.05) is 30.9 Å². The molecule has 3 aromatic rings. The fraction of sp³-hybridized carbons (Fsp3) is 0.316. The van der Waals surface area contributed by atoms with Crippen molar-refractivity contribution in [3.8, 4) is 11.3 Å². The second-order valence-electron chi connectivity index (χ2n) is 6.35. The standard InChI is InChI=1S/C19H21N5O2/c1-14-16(12-20-19(21-14)23-7-9-26-10-8-23)17-11-18(25)24(22-17)13-15-5-3-2-4-6-15/h2-6,11-12,22H,7-10,13H2,1H3. The number of benzene rings is 1. The number of morpholine rings is 1. The maximum absolute atomic E-state index is 12.3. The molecule has 2 aromatic heterocycles. The SMILES string of the molecule is Cc1nc(N2CCOCC2)ncc1-c1cc(=O)n(Cc2ccccc2)[nH]1. The Morgan fingerprint density at radius 2 is 1.96 bits per heavy atom. The first kappa shape index (κ1) is 16.5. The molecule has 3 heterocycles. The van der Waals surface area contributed by atoms with E-state index in [0.717, 1.165) is 35.6 Å². The summed E-state index contributed by atoms with van der Waals surface area (Å²) in [7, 11) is 0. The molecule has 1 saturated heterocycles. The second kappa shape index (κ2) is 7.13. The van der Waals surface area contributed by atoms with E-state index in [-0.39, 0.29) is 5.56 Å². The molecule has 134 valence electrons. The highest BCUT2D eigenvalue weighted by molar-refractivity contribution is 5.61. The molecule has 0 saturated carbocycles. The molecular weight excluding hydrogens is 330 g/mol. The van der Waals surface area contributed by atoms with Gasteiger partial charge < -0.3 is 9.64 Å². The Morgan fingerprint density at radius 3 is 2.69 bits per heavy atom. The van der Waals surface area contributed by atoms with Crippen LogP contribution in [-0.2, 0) is 11.3 Å². The van der Waals surface area contributed by atoms with Crippen LogP contribution in [-0.4, -0.2) is 46.1 Å². The van der Waals surface area contributed by atoms with Gasteiger partial charge in [0.05, 0.1) is 31.1 Å². The van der Waals surface area contributed by atoms with E-state index in [4.69, 9.17) is 4.74 Å². The van der Waals surface area contributed by atoms with Gasteiger partial charge in [0.2, 0.25) is 5.95 Å². The van der Waals surface area contributed by atoms with Crippen LogP contribution in [0.2, 0.25) is 0 Å². The van der Waals surface area contributed by atoms with E-state index in [1.807, 2.05) is 37.3 Å². The van der Waals surface area contributed by atoms with Crippen molar-refractivity contribution in [2.45, 2.75) is 13.5 Å². The van der Waals surface area contributed by atoms with E-state index >= 15 is 0 Å². The number of hydrogen-bond acceptors (Lipinski definition) is 5. The van der Waals surface area contributed by atoms with E-state index in [2.05, 4.69) is 20.0 Å². The van der Waals surface area contributed by atoms with Gasteiger partial charge in [-0.3, -0.25) is 9.89 Å². The van der Waals surface area contributed by atoms with Gasteiger partial charge >= 0.3 is 0 Å². The zero-order chi connectivity index (χ0) is 17.9. The summed E-state index contributed by atoms with van der Waals surface area (Å²) in [5.74, 6) is 0.709. The molecule has 1 N–H and O–H groups in total. The van der Waals surface area contributed by atoms with Crippen molar-refractivity contribution in [2.75, 3.05) is 31.2 Å². The van der Waals surface area contributed by atoms with Gasteiger partial charge in [-0.05, 0) is 12.5 Å². The van der Waals surface area contributed by atoms with E-state index < -0.39 is 0 Å². The minimum absolute atomic E-state index is 0.0690.